The van der Waals surface area contributed by atoms with Crippen molar-refractivity contribution < 1.29 is 19.4 Å². The SMILES string of the molecule is O=C(O)C(O)c1cc(F)c(Br)cc1Br. The van der Waals surface area contributed by atoms with E-state index < -0.39 is 17.9 Å². The second-order valence-electron chi connectivity index (χ2n) is 2.53. The molecule has 6 heteroatoms. The summed E-state index contributed by atoms with van der Waals surface area (Å²) in [5.74, 6) is -2.05. The van der Waals surface area contributed by atoms with Crippen LogP contribution in [0.15, 0.2) is 21.1 Å². The molecule has 0 heterocycles. The molecular formula is C8H5Br2FO3. The van der Waals surface area contributed by atoms with Crippen LogP contribution in [0, 0.1) is 5.82 Å². The number of aliphatic hydroxyl groups is 1. The average Bonchev–Trinajstić information content (AvgIpc) is 2.10. The molecule has 3 nitrogen and oxygen atoms in total. The highest BCUT2D eigenvalue weighted by Crippen LogP contribution is 2.29. The first kappa shape index (κ1) is 11.6. The van der Waals surface area contributed by atoms with Crippen molar-refractivity contribution in [1.82, 2.24) is 0 Å². The molecule has 1 aromatic rings. The molecule has 0 fully saturated rings. The molecule has 1 unspecified atom stereocenters. The van der Waals surface area contributed by atoms with Crippen LogP contribution < -0.4 is 0 Å². The molecule has 1 rings (SSSR count). The average molecular weight is 328 g/mol. The fourth-order valence-corrected chi connectivity index (χ4v) is 2.09. The van der Waals surface area contributed by atoms with E-state index in [2.05, 4.69) is 31.9 Å². The van der Waals surface area contributed by atoms with E-state index >= 15 is 0 Å². The van der Waals surface area contributed by atoms with Crippen molar-refractivity contribution in [3.63, 3.8) is 0 Å². The van der Waals surface area contributed by atoms with E-state index in [-0.39, 0.29) is 10.0 Å². The molecule has 0 aromatic heterocycles. The number of aliphatic carboxylic acids is 1. The quantitative estimate of drug-likeness (QED) is 0.820. The minimum atomic E-state index is -1.73. The van der Waals surface area contributed by atoms with Crippen LogP contribution in [0.1, 0.15) is 11.7 Å². The Morgan fingerprint density at radius 2 is 1.93 bits per heavy atom. The van der Waals surface area contributed by atoms with Gasteiger partial charge in [-0.05, 0) is 28.1 Å². The largest absolute Gasteiger partial charge is 0.479 e. The van der Waals surface area contributed by atoms with Crippen LogP contribution in [0.3, 0.4) is 0 Å². The Morgan fingerprint density at radius 3 is 2.43 bits per heavy atom. The van der Waals surface area contributed by atoms with E-state index in [4.69, 9.17) is 5.11 Å². The fourth-order valence-electron chi connectivity index (χ4n) is 0.881. The number of halogens is 3. The zero-order valence-electron chi connectivity index (χ0n) is 6.67. The van der Waals surface area contributed by atoms with Crippen LogP contribution in [0.25, 0.3) is 0 Å². The van der Waals surface area contributed by atoms with Crippen LogP contribution >= 0.6 is 31.9 Å². The molecule has 0 saturated carbocycles. The summed E-state index contributed by atoms with van der Waals surface area (Å²) in [6.07, 6.45) is -1.73. The number of rotatable bonds is 2. The molecule has 1 atom stereocenters. The number of aliphatic hydroxyl groups excluding tert-OH is 1. The van der Waals surface area contributed by atoms with E-state index in [1.165, 1.54) is 6.07 Å². The predicted octanol–water partition coefficient (Wildman–Crippen LogP) is 2.47. The second kappa shape index (κ2) is 4.37. The number of carbonyl (C=O) groups is 1. The third-order valence-electron chi connectivity index (χ3n) is 1.57. The smallest absolute Gasteiger partial charge is 0.337 e. The zero-order valence-corrected chi connectivity index (χ0v) is 9.84. The first-order valence-corrected chi connectivity index (χ1v) is 5.07. The van der Waals surface area contributed by atoms with Crippen LogP contribution in [0.2, 0.25) is 0 Å². The second-order valence-corrected chi connectivity index (χ2v) is 4.24. The molecule has 0 spiro atoms. The zero-order chi connectivity index (χ0) is 10.9. The molecule has 1 aromatic carbocycles. The molecule has 14 heavy (non-hydrogen) atoms. The van der Waals surface area contributed by atoms with Crippen molar-refractivity contribution in [1.29, 1.82) is 0 Å². The molecule has 2 N–H and O–H groups in total. The van der Waals surface area contributed by atoms with Gasteiger partial charge < -0.3 is 10.2 Å². The van der Waals surface area contributed by atoms with Crippen molar-refractivity contribution in [3.05, 3.63) is 32.5 Å². The van der Waals surface area contributed by atoms with Gasteiger partial charge in [0.2, 0.25) is 0 Å². The minimum Gasteiger partial charge on any atom is -0.479 e. The van der Waals surface area contributed by atoms with Gasteiger partial charge in [-0.15, -0.1) is 0 Å². The molecular weight excluding hydrogens is 323 g/mol. The number of carboxylic acid groups (broad SMARTS) is 1. The maximum Gasteiger partial charge on any atom is 0.337 e. The molecule has 0 bridgehead atoms. The van der Waals surface area contributed by atoms with Gasteiger partial charge in [-0.25, -0.2) is 9.18 Å². The van der Waals surface area contributed by atoms with Gasteiger partial charge in [0.05, 0.1) is 4.47 Å². The number of hydrogen-bond donors (Lipinski definition) is 2. The van der Waals surface area contributed by atoms with Crippen LogP contribution in [0.5, 0.6) is 0 Å². The van der Waals surface area contributed by atoms with E-state index in [1.54, 1.807) is 0 Å². The molecule has 0 saturated heterocycles. The topological polar surface area (TPSA) is 57.5 Å². The van der Waals surface area contributed by atoms with Gasteiger partial charge in [0.15, 0.2) is 6.10 Å². The Balaban J connectivity index is 3.22. The summed E-state index contributed by atoms with van der Waals surface area (Å²) in [5.41, 5.74) is -0.0156. The lowest BCUT2D eigenvalue weighted by Gasteiger charge is -2.09. The number of hydrogen-bond acceptors (Lipinski definition) is 2. The Labute approximate surface area is 95.8 Å². The van der Waals surface area contributed by atoms with Gasteiger partial charge in [0, 0.05) is 10.0 Å². The highest BCUT2D eigenvalue weighted by Gasteiger charge is 2.20. The lowest BCUT2D eigenvalue weighted by atomic mass is 10.1. The highest BCUT2D eigenvalue weighted by molar-refractivity contribution is 9.11. The lowest BCUT2D eigenvalue weighted by molar-refractivity contribution is -0.147. The molecule has 0 aliphatic rings. The van der Waals surface area contributed by atoms with Gasteiger partial charge >= 0.3 is 5.97 Å². The van der Waals surface area contributed by atoms with Crippen molar-refractivity contribution in [2.75, 3.05) is 0 Å². The van der Waals surface area contributed by atoms with E-state index in [1.807, 2.05) is 0 Å². The molecule has 76 valence electrons. The van der Waals surface area contributed by atoms with Crippen LogP contribution in [0.4, 0.5) is 4.39 Å². The Kier molecular flexibility index (Phi) is 3.63. The van der Waals surface area contributed by atoms with Crippen molar-refractivity contribution in [2.24, 2.45) is 0 Å². The third kappa shape index (κ3) is 2.31. The van der Waals surface area contributed by atoms with E-state index in [9.17, 15) is 14.3 Å². The monoisotopic (exact) mass is 326 g/mol. The Hall–Kier alpha value is -0.460. The normalized spacial score (nSPS) is 12.6. The van der Waals surface area contributed by atoms with Gasteiger partial charge in [-0.3, -0.25) is 0 Å². The summed E-state index contributed by atoms with van der Waals surface area (Å²) < 4.78 is 13.5. The summed E-state index contributed by atoms with van der Waals surface area (Å²) >= 11 is 5.96. The standard InChI is InChI=1S/C8H5Br2FO3/c9-4-2-5(10)6(11)1-3(4)7(12)8(13)14/h1-2,7,12H,(H,13,14). The van der Waals surface area contributed by atoms with Crippen molar-refractivity contribution in [3.8, 4) is 0 Å². The Bertz CT molecular complexity index is 381. The fraction of sp³-hybridized carbons (Fsp3) is 0.125. The first-order valence-electron chi connectivity index (χ1n) is 3.48. The minimum absolute atomic E-state index is 0.0156. The van der Waals surface area contributed by atoms with Crippen molar-refractivity contribution in [2.45, 2.75) is 6.10 Å². The Morgan fingerprint density at radius 1 is 1.36 bits per heavy atom. The molecule has 0 radical (unpaired) electrons. The summed E-state index contributed by atoms with van der Waals surface area (Å²) in [6.45, 7) is 0. The van der Waals surface area contributed by atoms with E-state index in [0.717, 1.165) is 6.07 Å². The number of benzene rings is 1. The van der Waals surface area contributed by atoms with Gasteiger partial charge in [0.1, 0.15) is 5.82 Å². The summed E-state index contributed by atoms with van der Waals surface area (Å²) in [6, 6.07) is 2.31. The van der Waals surface area contributed by atoms with E-state index in [0.29, 0.717) is 4.47 Å². The van der Waals surface area contributed by atoms with Crippen LogP contribution in [-0.2, 0) is 4.79 Å². The van der Waals surface area contributed by atoms with Gasteiger partial charge in [0.25, 0.3) is 0 Å². The number of carboxylic acids is 1. The first-order chi connectivity index (χ1) is 6.43. The molecule has 0 aliphatic heterocycles. The van der Waals surface area contributed by atoms with Gasteiger partial charge in [-0.2, -0.15) is 0 Å². The molecule has 0 amide bonds. The predicted molar refractivity (Wildman–Crippen MR) is 54.4 cm³/mol. The van der Waals surface area contributed by atoms with Gasteiger partial charge in [-0.1, -0.05) is 15.9 Å². The maximum absolute atomic E-state index is 13.0. The highest BCUT2D eigenvalue weighted by atomic mass is 79.9. The summed E-state index contributed by atoms with van der Waals surface area (Å²) in [7, 11) is 0. The lowest BCUT2D eigenvalue weighted by Crippen LogP contribution is -2.11. The third-order valence-corrected chi connectivity index (χ3v) is 2.86. The maximum atomic E-state index is 13.0. The van der Waals surface area contributed by atoms with Crippen LogP contribution in [-0.4, -0.2) is 16.2 Å². The summed E-state index contributed by atoms with van der Waals surface area (Å²) in [4.78, 5) is 10.4. The van der Waals surface area contributed by atoms with Crippen molar-refractivity contribution >= 4 is 37.8 Å². The molecule has 0 aliphatic carbocycles. The summed E-state index contributed by atoms with van der Waals surface area (Å²) in [5, 5.41) is 17.7.